The molecule has 0 atom stereocenters. The normalized spacial score (nSPS) is 10.7. The van der Waals surface area contributed by atoms with Crippen LogP contribution in [0.25, 0.3) is 10.1 Å². The average molecular weight is 381 g/mol. The number of carbonyl (C=O) groups is 2. The first-order valence-corrected chi connectivity index (χ1v) is 9.95. The highest BCUT2D eigenvalue weighted by Gasteiger charge is 2.18. The standard InChI is InChI=1S/C22H24N2O2S/c1-15-8-10-17(11-9-15)14-19-18-6-3-4-7-20(18)27-21(19)22(26)24-13-5-12-23-16(2)25/h3-4,6-11H,5,12-14H2,1-2H3,(H,23,25)(H,24,26). The third kappa shape index (κ3) is 4.95. The minimum absolute atomic E-state index is 0.0406. The quantitative estimate of drug-likeness (QED) is 0.608. The Morgan fingerprint density at radius 2 is 1.67 bits per heavy atom. The van der Waals surface area contributed by atoms with Crippen molar-refractivity contribution in [2.45, 2.75) is 26.7 Å². The first-order chi connectivity index (χ1) is 13.0. The van der Waals surface area contributed by atoms with Gasteiger partial charge in [0, 0.05) is 24.7 Å². The Hall–Kier alpha value is -2.66. The SMILES string of the molecule is CC(=O)NCCCNC(=O)c1sc2ccccc2c1Cc1ccc(C)cc1. The van der Waals surface area contributed by atoms with Crippen LogP contribution in [0.4, 0.5) is 0 Å². The zero-order valence-electron chi connectivity index (χ0n) is 15.7. The van der Waals surface area contributed by atoms with Crippen LogP contribution in [-0.4, -0.2) is 24.9 Å². The maximum atomic E-state index is 12.8. The van der Waals surface area contributed by atoms with E-state index in [2.05, 4.69) is 54.0 Å². The van der Waals surface area contributed by atoms with Crippen molar-refractivity contribution in [2.24, 2.45) is 0 Å². The van der Waals surface area contributed by atoms with E-state index in [0.29, 0.717) is 19.5 Å². The highest BCUT2D eigenvalue weighted by Crippen LogP contribution is 2.33. The second-order valence-electron chi connectivity index (χ2n) is 6.66. The largest absolute Gasteiger partial charge is 0.356 e. The Morgan fingerprint density at radius 1 is 0.963 bits per heavy atom. The first kappa shape index (κ1) is 19.1. The van der Waals surface area contributed by atoms with Gasteiger partial charge in [-0.2, -0.15) is 0 Å². The second-order valence-corrected chi connectivity index (χ2v) is 7.71. The zero-order valence-corrected chi connectivity index (χ0v) is 16.5. The lowest BCUT2D eigenvalue weighted by Gasteiger charge is -2.08. The van der Waals surface area contributed by atoms with Gasteiger partial charge in [0.1, 0.15) is 0 Å². The van der Waals surface area contributed by atoms with E-state index in [4.69, 9.17) is 0 Å². The summed E-state index contributed by atoms with van der Waals surface area (Å²) in [5.41, 5.74) is 3.51. The smallest absolute Gasteiger partial charge is 0.261 e. The third-order valence-corrected chi connectivity index (χ3v) is 5.63. The van der Waals surface area contributed by atoms with Crippen LogP contribution in [0.1, 0.15) is 39.7 Å². The molecule has 4 nitrogen and oxygen atoms in total. The van der Waals surface area contributed by atoms with Crippen LogP contribution in [-0.2, 0) is 11.2 Å². The van der Waals surface area contributed by atoms with Gasteiger partial charge in [-0.1, -0.05) is 48.0 Å². The molecule has 140 valence electrons. The maximum Gasteiger partial charge on any atom is 0.261 e. The van der Waals surface area contributed by atoms with Gasteiger partial charge in [-0.25, -0.2) is 0 Å². The van der Waals surface area contributed by atoms with Crippen LogP contribution in [0.3, 0.4) is 0 Å². The Labute approximate surface area is 163 Å². The predicted molar refractivity (Wildman–Crippen MR) is 111 cm³/mol. The van der Waals surface area contributed by atoms with Crippen LogP contribution in [0.5, 0.6) is 0 Å². The summed E-state index contributed by atoms with van der Waals surface area (Å²) in [4.78, 5) is 24.5. The summed E-state index contributed by atoms with van der Waals surface area (Å²) in [6, 6.07) is 16.6. The van der Waals surface area contributed by atoms with Gasteiger partial charge in [-0.15, -0.1) is 11.3 Å². The number of aryl methyl sites for hydroxylation is 1. The molecule has 1 aromatic heterocycles. The number of amides is 2. The molecule has 2 aromatic carbocycles. The van der Waals surface area contributed by atoms with Gasteiger partial charge in [0.2, 0.25) is 5.91 Å². The fourth-order valence-electron chi connectivity index (χ4n) is 3.00. The van der Waals surface area contributed by atoms with Crippen molar-refractivity contribution < 1.29 is 9.59 Å². The highest BCUT2D eigenvalue weighted by molar-refractivity contribution is 7.21. The predicted octanol–water partition coefficient (Wildman–Crippen LogP) is 4.06. The average Bonchev–Trinajstić information content (AvgIpc) is 3.01. The molecule has 0 saturated heterocycles. The van der Waals surface area contributed by atoms with Gasteiger partial charge < -0.3 is 10.6 Å². The molecule has 0 spiro atoms. The van der Waals surface area contributed by atoms with E-state index in [1.165, 1.54) is 18.1 Å². The molecule has 0 unspecified atom stereocenters. The fraction of sp³-hybridized carbons (Fsp3) is 0.273. The first-order valence-electron chi connectivity index (χ1n) is 9.13. The lowest BCUT2D eigenvalue weighted by atomic mass is 10.0. The number of carbonyl (C=O) groups excluding carboxylic acids is 2. The maximum absolute atomic E-state index is 12.8. The molecule has 0 radical (unpaired) electrons. The van der Waals surface area contributed by atoms with E-state index in [0.717, 1.165) is 26.9 Å². The lowest BCUT2D eigenvalue weighted by molar-refractivity contribution is -0.118. The molecule has 0 saturated carbocycles. The van der Waals surface area contributed by atoms with E-state index in [1.807, 2.05) is 12.1 Å². The number of rotatable bonds is 7. The summed E-state index contributed by atoms with van der Waals surface area (Å²) < 4.78 is 1.13. The molecule has 0 bridgehead atoms. The molecular formula is C22H24N2O2S. The second kappa shape index (κ2) is 8.82. The van der Waals surface area contributed by atoms with Crippen molar-refractivity contribution in [3.63, 3.8) is 0 Å². The zero-order chi connectivity index (χ0) is 19.2. The van der Waals surface area contributed by atoms with Gasteiger partial charge in [0.05, 0.1) is 4.88 Å². The number of nitrogens with one attached hydrogen (secondary N) is 2. The summed E-state index contributed by atoms with van der Waals surface area (Å²) in [5.74, 6) is -0.0904. The molecule has 3 rings (SSSR count). The van der Waals surface area contributed by atoms with E-state index in [9.17, 15) is 9.59 Å². The van der Waals surface area contributed by atoms with Gasteiger partial charge in [-0.3, -0.25) is 9.59 Å². The number of fused-ring (bicyclic) bond motifs is 1. The van der Waals surface area contributed by atoms with Crippen molar-refractivity contribution in [3.05, 3.63) is 70.1 Å². The number of hydrogen-bond acceptors (Lipinski definition) is 3. The van der Waals surface area contributed by atoms with E-state index in [-0.39, 0.29) is 11.8 Å². The van der Waals surface area contributed by atoms with Crippen molar-refractivity contribution in [1.29, 1.82) is 0 Å². The van der Waals surface area contributed by atoms with Crippen LogP contribution in [0.2, 0.25) is 0 Å². The fourth-order valence-corrected chi connectivity index (χ4v) is 4.14. The van der Waals surface area contributed by atoms with Crippen LogP contribution >= 0.6 is 11.3 Å². The van der Waals surface area contributed by atoms with Gasteiger partial charge in [0.25, 0.3) is 5.91 Å². The van der Waals surface area contributed by atoms with Crippen molar-refractivity contribution in [1.82, 2.24) is 10.6 Å². The van der Waals surface area contributed by atoms with E-state index in [1.54, 1.807) is 11.3 Å². The summed E-state index contributed by atoms with van der Waals surface area (Å²) in [6.07, 6.45) is 1.45. The minimum Gasteiger partial charge on any atom is -0.356 e. The summed E-state index contributed by atoms with van der Waals surface area (Å²) in [6.45, 7) is 4.67. The molecule has 5 heteroatoms. The Balaban J connectivity index is 1.78. The summed E-state index contributed by atoms with van der Waals surface area (Å²) in [7, 11) is 0. The number of thiophene rings is 1. The molecule has 0 aliphatic heterocycles. The Morgan fingerprint density at radius 3 is 2.41 bits per heavy atom. The molecule has 0 aliphatic carbocycles. The van der Waals surface area contributed by atoms with Gasteiger partial charge >= 0.3 is 0 Å². The van der Waals surface area contributed by atoms with Crippen LogP contribution in [0.15, 0.2) is 48.5 Å². The van der Waals surface area contributed by atoms with Crippen molar-refractivity contribution >= 4 is 33.2 Å². The lowest BCUT2D eigenvalue weighted by Crippen LogP contribution is -2.28. The van der Waals surface area contributed by atoms with Crippen molar-refractivity contribution in [2.75, 3.05) is 13.1 Å². The highest BCUT2D eigenvalue weighted by atomic mass is 32.1. The van der Waals surface area contributed by atoms with Crippen LogP contribution < -0.4 is 10.6 Å². The van der Waals surface area contributed by atoms with E-state index < -0.39 is 0 Å². The number of hydrogen-bond donors (Lipinski definition) is 2. The minimum atomic E-state index is -0.0498. The number of benzene rings is 2. The topological polar surface area (TPSA) is 58.2 Å². The molecular weight excluding hydrogens is 356 g/mol. The van der Waals surface area contributed by atoms with Crippen LogP contribution in [0, 0.1) is 6.92 Å². The van der Waals surface area contributed by atoms with Gasteiger partial charge in [0.15, 0.2) is 0 Å². The summed E-state index contributed by atoms with van der Waals surface area (Å²) >= 11 is 1.54. The molecule has 2 N–H and O–H groups in total. The monoisotopic (exact) mass is 380 g/mol. The Kier molecular flexibility index (Phi) is 6.24. The van der Waals surface area contributed by atoms with E-state index >= 15 is 0 Å². The summed E-state index contributed by atoms with van der Waals surface area (Å²) in [5, 5.41) is 6.88. The Bertz CT molecular complexity index is 945. The molecule has 1 heterocycles. The molecule has 3 aromatic rings. The third-order valence-electron chi connectivity index (χ3n) is 4.42. The molecule has 27 heavy (non-hydrogen) atoms. The molecule has 2 amide bonds. The van der Waals surface area contributed by atoms with Crippen molar-refractivity contribution in [3.8, 4) is 0 Å². The molecule has 0 aliphatic rings. The molecule has 0 fully saturated rings. The van der Waals surface area contributed by atoms with Gasteiger partial charge in [-0.05, 0) is 42.3 Å².